The lowest BCUT2D eigenvalue weighted by Crippen LogP contribution is -1.95. The predicted molar refractivity (Wildman–Crippen MR) is 63.9 cm³/mol. The summed E-state index contributed by atoms with van der Waals surface area (Å²) in [6.07, 6.45) is 4.82. The smallest absolute Gasteiger partial charge is 0.271 e. The van der Waals surface area contributed by atoms with E-state index in [1.807, 2.05) is 0 Å². The zero-order chi connectivity index (χ0) is 14.3. The van der Waals surface area contributed by atoms with Crippen molar-refractivity contribution in [3.05, 3.63) is 45.0 Å². The molecule has 0 saturated heterocycles. The van der Waals surface area contributed by atoms with Crippen molar-refractivity contribution in [1.82, 2.24) is 24.8 Å². The maximum atomic E-state index is 10.8. The number of hydrogen-bond donors (Lipinski definition) is 1. The molecule has 11 nitrogen and oxygen atoms in total. The summed E-state index contributed by atoms with van der Waals surface area (Å²) in [4.78, 5) is 24.3. The van der Waals surface area contributed by atoms with Crippen molar-refractivity contribution in [3.63, 3.8) is 0 Å². The highest BCUT2D eigenvalue weighted by molar-refractivity contribution is 5.69. The van der Waals surface area contributed by atoms with Gasteiger partial charge in [-0.2, -0.15) is 10.2 Å². The molecule has 1 N–H and O–H groups in total. The fraction of sp³-hybridized carbons (Fsp3) is 0. The van der Waals surface area contributed by atoms with Crippen LogP contribution in [0.5, 0.6) is 0 Å². The molecule has 0 atom stereocenters. The van der Waals surface area contributed by atoms with Crippen LogP contribution in [0.1, 0.15) is 0 Å². The van der Waals surface area contributed by atoms with Gasteiger partial charge in [-0.05, 0) is 0 Å². The van der Waals surface area contributed by atoms with Gasteiger partial charge in [0.25, 0.3) is 0 Å². The Balaban J connectivity index is 2.16. The van der Waals surface area contributed by atoms with Crippen LogP contribution >= 0.6 is 0 Å². The molecule has 0 spiro atoms. The van der Waals surface area contributed by atoms with Gasteiger partial charge in [0.15, 0.2) is 0 Å². The van der Waals surface area contributed by atoms with E-state index in [2.05, 4.69) is 20.3 Å². The highest BCUT2D eigenvalue weighted by atomic mass is 16.6. The Bertz CT molecular complexity index is 836. The van der Waals surface area contributed by atoms with Crippen molar-refractivity contribution in [2.75, 3.05) is 0 Å². The average molecular weight is 275 g/mol. The summed E-state index contributed by atoms with van der Waals surface area (Å²) < 4.78 is 1.18. The normalized spacial score (nSPS) is 10.8. The average Bonchev–Trinajstić information content (AvgIpc) is 3.04. The zero-order valence-electron chi connectivity index (χ0n) is 9.63. The summed E-state index contributed by atoms with van der Waals surface area (Å²) in [5.74, 6) is 0. The number of H-pyrrole nitrogens is 1. The van der Waals surface area contributed by atoms with E-state index in [0.29, 0.717) is 5.56 Å². The minimum atomic E-state index is -0.604. The second-order valence-electron chi connectivity index (χ2n) is 3.79. The summed E-state index contributed by atoms with van der Waals surface area (Å²) in [5.41, 5.74) is 0.103. The first-order chi connectivity index (χ1) is 9.58. The maximum Gasteiger partial charge on any atom is 0.333 e. The number of fused-ring (bicyclic) bond motifs is 1. The molecule has 100 valence electrons. The SMILES string of the molecule is O=[N+]([O-])c1cn[nH]c1-c1cnc2c([N+](=O)[O-])cnn2c1. The number of aromatic amines is 1. The summed E-state index contributed by atoms with van der Waals surface area (Å²) in [6, 6.07) is 0. The van der Waals surface area contributed by atoms with E-state index in [-0.39, 0.29) is 22.7 Å². The lowest BCUT2D eigenvalue weighted by Gasteiger charge is -1.98. The van der Waals surface area contributed by atoms with Crippen LogP contribution < -0.4 is 0 Å². The van der Waals surface area contributed by atoms with Gasteiger partial charge in [0.1, 0.15) is 18.1 Å². The van der Waals surface area contributed by atoms with E-state index in [0.717, 1.165) is 12.4 Å². The first-order valence-corrected chi connectivity index (χ1v) is 5.24. The van der Waals surface area contributed by atoms with E-state index in [1.165, 1.54) is 16.9 Å². The highest BCUT2D eigenvalue weighted by Gasteiger charge is 2.21. The van der Waals surface area contributed by atoms with Gasteiger partial charge in [-0.3, -0.25) is 25.3 Å². The fourth-order valence-electron chi connectivity index (χ4n) is 1.75. The van der Waals surface area contributed by atoms with Crippen LogP contribution in [0.3, 0.4) is 0 Å². The van der Waals surface area contributed by atoms with E-state index in [4.69, 9.17) is 0 Å². The monoisotopic (exact) mass is 275 g/mol. The number of hydrogen-bond acceptors (Lipinski definition) is 7. The molecule has 0 amide bonds. The Hall–Kier alpha value is -3.37. The second kappa shape index (κ2) is 4.08. The van der Waals surface area contributed by atoms with Crippen LogP contribution in [0.15, 0.2) is 24.8 Å². The minimum absolute atomic E-state index is 0.0564. The molecule has 0 radical (unpaired) electrons. The Morgan fingerprint density at radius 2 is 1.85 bits per heavy atom. The molecule has 0 aliphatic heterocycles. The largest absolute Gasteiger partial charge is 0.333 e. The van der Waals surface area contributed by atoms with Gasteiger partial charge in [-0.15, -0.1) is 0 Å². The Kier molecular flexibility index (Phi) is 2.39. The predicted octanol–water partition coefficient (Wildman–Crippen LogP) is 0.936. The first kappa shape index (κ1) is 11.7. The minimum Gasteiger partial charge on any atom is -0.271 e. The number of nitro groups is 2. The van der Waals surface area contributed by atoms with Crippen molar-refractivity contribution in [2.45, 2.75) is 0 Å². The van der Waals surface area contributed by atoms with Gasteiger partial charge in [0.2, 0.25) is 5.65 Å². The lowest BCUT2D eigenvalue weighted by molar-refractivity contribution is -0.384. The number of rotatable bonds is 3. The van der Waals surface area contributed by atoms with Gasteiger partial charge < -0.3 is 0 Å². The first-order valence-electron chi connectivity index (χ1n) is 5.24. The van der Waals surface area contributed by atoms with E-state index in [1.54, 1.807) is 0 Å². The van der Waals surface area contributed by atoms with Crippen LogP contribution in [-0.4, -0.2) is 34.6 Å². The molecule has 0 unspecified atom stereocenters. The van der Waals surface area contributed by atoms with Crippen LogP contribution in [0.2, 0.25) is 0 Å². The van der Waals surface area contributed by atoms with Crippen molar-refractivity contribution < 1.29 is 9.85 Å². The van der Waals surface area contributed by atoms with Crippen molar-refractivity contribution in [2.24, 2.45) is 0 Å². The molecule has 0 bridgehead atoms. The molecule has 0 aliphatic carbocycles. The molecule has 11 heteroatoms. The van der Waals surface area contributed by atoms with Gasteiger partial charge in [0, 0.05) is 18.0 Å². The molecule has 0 saturated carbocycles. The third-order valence-electron chi connectivity index (χ3n) is 2.64. The number of nitrogens with zero attached hydrogens (tertiary/aromatic N) is 6. The van der Waals surface area contributed by atoms with Crippen molar-refractivity contribution >= 4 is 17.0 Å². The topological polar surface area (TPSA) is 145 Å². The second-order valence-corrected chi connectivity index (χ2v) is 3.79. The molecular weight excluding hydrogens is 270 g/mol. The third-order valence-corrected chi connectivity index (χ3v) is 2.64. The molecule has 20 heavy (non-hydrogen) atoms. The molecule has 0 fully saturated rings. The lowest BCUT2D eigenvalue weighted by atomic mass is 10.2. The van der Waals surface area contributed by atoms with Gasteiger partial charge in [0.05, 0.1) is 9.85 Å². The standard InChI is InChI=1S/C9H5N7O4/c17-15(18)6-2-11-13-8(6)5-1-10-9-7(16(19)20)3-12-14(9)4-5/h1-4H,(H,11,13). The molecule has 3 aromatic heterocycles. The maximum absolute atomic E-state index is 10.8. The fourth-order valence-corrected chi connectivity index (χ4v) is 1.75. The molecule has 0 aliphatic rings. The van der Waals surface area contributed by atoms with E-state index < -0.39 is 9.85 Å². The van der Waals surface area contributed by atoms with Crippen LogP contribution in [0, 0.1) is 20.2 Å². The van der Waals surface area contributed by atoms with E-state index >= 15 is 0 Å². The third kappa shape index (κ3) is 1.65. The van der Waals surface area contributed by atoms with Crippen molar-refractivity contribution in [1.29, 1.82) is 0 Å². The molecular formula is C9H5N7O4. The zero-order valence-corrected chi connectivity index (χ0v) is 9.63. The Morgan fingerprint density at radius 3 is 2.55 bits per heavy atom. The summed E-state index contributed by atoms with van der Waals surface area (Å²) in [5, 5.41) is 31.5. The van der Waals surface area contributed by atoms with Gasteiger partial charge in [-0.25, -0.2) is 9.50 Å². The van der Waals surface area contributed by atoms with Crippen LogP contribution in [-0.2, 0) is 0 Å². The summed E-state index contributed by atoms with van der Waals surface area (Å²) >= 11 is 0. The molecule has 3 rings (SSSR count). The van der Waals surface area contributed by atoms with Gasteiger partial charge >= 0.3 is 11.4 Å². The van der Waals surface area contributed by atoms with E-state index in [9.17, 15) is 20.2 Å². The highest BCUT2D eigenvalue weighted by Crippen LogP contribution is 2.27. The summed E-state index contributed by atoms with van der Waals surface area (Å²) in [6.45, 7) is 0. The Morgan fingerprint density at radius 1 is 1.10 bits per heavy atom. The number of nitrogens with one attached hydrogen (secondary N) is 1. The van der Waals surface area contributed by atoms with Crippen LogP contribution in [0.4, 0.5) is 11.4 Å². The van der Waals surface area contributed by atoms with Crippen LogP contribution in [0.25, 0.3) is 16.9 Å². The molecule has 3 heterocycles. The van der Waals surface area contributed by atoms with Gasteiger partial charge in [-0.1, -0.05) is 0 Å². The summed E-state index contributed by atoms with van der Waals surface area (Å²) in [7, 11) is 0. The van der Waals surface area contributed by atoms with Crippen molar-refractivity contribution in [3.8, 4) is 11.3 Å². The molecule has 3 aromatic rings. The molecule has 0 aromatic carbocycles. The Labute approximate surface area is 109 Å². The number of aromatic nitrogens is 5. The quantitative estimate of drug-likeness (QED) is 0.552.